The van der Waals surface area contributed by atoms with Gasteiger partial charge in [-0.15, -0.1) is 0 Å². The first-order chi connectivity index (χ1) is 7.22. The number of rotatable bonds is 2. The van der Waals surface area contributed by atoms with Crippen molar-refractivity contribution >= 4 is 10.9 Å². The molecule has 0 bridgehead atoms. The monoisotopic (exact) mass is 206 g/mol. The second kappa shape index (κ2) is 3.61. The summed E-state index contributed by atoms with van der Waals surface area (Å²) in [5.74, 6) is 0.479. The standard InChI is InChI=1S/C10H10N2O3/c1-2-15-7-5-3-4-6-8(7)9(13)12-10(14)11-6/h3-5H,2H2,1H3,(H2,11,12,13,14). The largest absolute Gasteiger partial charge is 0.493 e. The van der Waals surface area contributed by atoms with Crippen LogP contribution in [0.3, 0.4) is 0 Å². The quantitative estimate of drug-likeness (QED) is 0.756. The SMILES string of the molecule is CCOc1cccc2[nH]c(=O)[nH]c(=O)c12. The Morgan fingerprint density at radius 2 is 2.07 bits per heavy atom. The van der Waals surface area contributed by atoms with Crippen LogP contribution >= 0.6 is 0 Å². The summed E-state index contributed by atoms with van der Waals surface area (Å²) in [6.45, 7) is 2.30. The lowest BCUT2D eigenvalue weighted by Gasteiger charge is -2.05. The fraction of sp³-hybridized carbons (Fsp3) is 0.200. The molecule has 0 radical (unpaired) electrons. The molecule has 2 aromatic rings. The smallest absolute Gasteiger partial charge is 0.326 e. The van der Waals surface area contributed by atoms with E-state index in [1.165, 1.54) is 0 Å². The van der Waals surface area contributed by atoms with E-state index in [4.69, 9.17) is 4.74 Å². The van der Waals surface area contributed by atoms with Gasteiger partial charge in [0.25, 0.3) is 5.56 Å². The number of H-pyrrole nitrogens is 2. The molecule has 0 aliphatic rings. The predicted molar refractivity (Wildman–Crippen MR) is 56.4 cm³/mol. The molecule has 2 N–H and O–H groups in total. The second-order valence-corrected chi connectivity index (χ2v) is 3.02. The number of ether oxygens (including phenoxy) is 1. The molecule has 0 spiro atoms. The van der Waals surface area contributed by atoms with E-state index < -0.39 is 11.2 Å². The molecule has 0 saturated heterocycles. The Hall–Kier alpha value is -2.04. The Labute approximate surface area is 84.7 Å². The molecule has 78 valence electrons. The number of fused-ring (bicyclic) bond motifs is 1. The van der Waals surface area contributed by atoms with Gasteiger partial charge in [0.2, 0.25) is 0 Å². The fourth-order valence-electron chi connectivity index (χ4n) is 1.46. The van der Waals surface area contributed by atoms with Crippen molar-refractivity contribution in [2.75, 3.05) is 6.61 Å². The van der Waals surface area contributed by atoms with Crippen molar-refractivity contribution in [3.05, 3.63) is 39.0 Å². The van der Waals surface area contributed by atoms with E-state index in [1.807, 2.05) is 6.92 Å². The van der Waals surface area contributed by atoms with Gasteiger partial charge in [-0.1, -0.05) is 6.07 Å². The summed E-state index contributed by atoms with van der Waals surface area (Å²) in [5, 5.41) is 0.374. The molecule has 0 amide bonds. The van der Waals surface area contributed by atoms with Crippen molar-refractivity contribution in [1.29, 1.82) is 0 Å². The minimum Gasteiger partial charge on any atom is -0.493 e. The first-order valence-electron chi connectivity index (χ1n) is 4.60. The molecule has 5 heteroatoms. The number of aromatic amines is 2. The molecule has 0 aliphatic carbocycles. The molecular formula is C10H10N2O3. The third kappa shape index (κ3) is 1.63. The molecule has 1 aromatic heterocycles. The van der Waals surface area contributed by atoms with E-state index in [1.54, 1.807) is 18.2 Å². The number of hydrogen-bond acceptors (Lipinski definition) is 3. The van der Waals surface area contributed by atoms with Gasteiger partial charge in [0.1, 0.15) is 11.1 Å². The third-order valence-electron chi connectivity index (χ3n) is 2.03. The molecule has 15 heavy (non-hydrogen) atoms. The van der Waals surface area contributed by atoms with E-state index >= 15 is 0 Å². The topological polar surface area (TPSA) is 75.0 Å². The lowest BCUT2D eigenvalue weighted by Crippen LogP contribution is -2.22. The Balaban J connectivity index is 2.85. The van der Waals surface area contributed by atoms with E-state index in [0.29, 0.717) is 23.3 Å². The highest BCUT2D eigenvalue weighted by molar-refractivity contribution is 5.83. The van der Waals surface area contributed by atoms with Gasteiger partial charge in [0, 0.05) is 0 Å². The highest BCUT2D eigenvalue weighted by Gasteiger charge is 2.06. The summed E-state index contributed by atoms with van der Waals surface area (Å²) in [4.78, 5) is 27.3. The second-order valence-electron chi connectivity index (χ2n) is 3.02. The summed E-state index contributed by atoms with van der Waals surface area (Å²) in [5.41, 5.74) is -0.464. The molecule has 1 heterocycles. The van der Waals surface area contributed by atoms with Crippen molar-refractivity contribution in [3.8, 4) is 5.75 Å². The molecule has 2 rings (SSSR count). The van der Waals surface area contributed by atoms with Crippen LogP contribution < -0.4 is 16.0 Å². The van der Waals surface area contributed by atoms with Crippen molar-refractivity contribution < 1.29 is 4.74 Å². The van der Waals surface area contributed by atoms with Crippen LogP contribution in [0, 0.1) is 0 Å². The van der Waals surface area contributed by atoms with Gasteiger partial charge in [-0.05, 0) is 19.1 Å². The Kier molecular flexibility index (Phi) is 2.29. The maximum absolute atomic E-state index is 11.5. The molecular weight excluding hydrogens is 196 g/mol. The Morgan fingerprint density at radius 1 is 1.27 bits per heavy atom. The third-order valence-corrected chi connectivity index (χ3v) is 2.03. The van der Waals surface area contributed by atoms with Crippen LogP contribution in [-0.2, 0) is 0 Å². The first kappa shape index (κ1) is 9.51. The summed E-state index contributed by atoms with van der Waals surface area (Å²) in [7, 11) is 0. The van der Waals surface area contributed by atoms with Crippen LogP contribution in [0.5, 0.6) is 5.75 Å². The van der Waals surface area contributed by atoms with Gasteiger partial charge >= 0.3 is 5.69 Å². The maximum atomic E-state index is 11.5. The fourth-order valence-corrected chi connectivity index (χ4v) is 1.46. The Bertz CT molecular complexity index is 597. The lowest BCUT2D eigenvalue weighted by molar-refractivity contribution is 0.344. The molecule has 1 aromatic carbocycles. The minimum absolute atomic E-state index is 0.374. The van der Waals surface area contributed by atoms with Gasteiger partial charge in [-0.3, -0.25) is 9.78 Å². The lowest BCUT2D eigenvalue weighted by atomic mass is 10.2. The summed E-state index contributed by atoms with van der Waals surface area (Å²) in [6, 6.07) is 5.08. The molecule has 0 saturated carbocycles. The highest BCUT2D eigenvalue weighted by Crippen LogP contribution is 2.19. The zero-order valence-electron chi connectivity index (χ0n) is 8.16. The van der Waals surface area contributed by atoms with Crippen molar-refractivity contribution in [2.24, 2.45) is 0 Å². The van der Waals surface area contributed by atoms with Gasteiger partial charge in [0.05, 0.1) is 12.1 Å². The van der Waals surface area contributed by atoms with Gasteiger partial charge in [0.15, 0.2) is 0 Å². The predicted octanol–water partition coefficient (Wildman–Crippen LogP) is 0.615. The van der Waals surface area contributed by atoms with Gasteiger partial charge in [-0.2, -0.15) is 0 Å². The molecule has 0 fully saturated rings. The van der Waals surface area contributed by atoms with Gasteiger partial charge in [-0.25, -0.2) is 4.79 Å². The number of aromatic nitrogens is 2. The van der Waals surface area contributed by atoms with Crippen LogP contribution in [0.2, 0.25) is 0 Å². The zero-order valence-corrected chi connectivity index (χ0v) is 8.16. The highest BCUT2D eigenvalue weighted by atomic mass is 16.5. The van der Waals surface area contributed by atoms with Crippen molar-refractivity contribution in [1.82, 2.24) is 9.97 Å². The number of nitrogens with one attached hydrogen (secondary N) is 2. The minimum atomic E-state index is -0.513. The molecule has 0 unspecified atom stereocenters. The van der Waals surface area contributed by atoms with Crippen molar-refractivity contribution in [3.63, 3.8) is 0 Å². The van der Waals surface area contributed by atoms with E-state index in [2.05, 4.69) is 9.97 Å². The summed E-state index contributed by atoms with van der Waals surface area (Å²) >= 11 is 0. The van der Waals surface area contributed by atoms with E-state index in [9.17, 15) is 9.59 Å². The number of hydrogen-bond donors (Lipinski definition) is 2. The van der Waals surface area contributed by atoms with Crippen LogP contribution in [-0.4, -0.2) is 16.6 Å². The summed E-state index contributed by atoms with van der Waals surface area (Å²) < 4.78 is 5.30. The average molecular weight is 206 g/mol. The van der Waals surface area contributed by atoms with E-state index in [-0.39, 0.29) is 0 Å². The molecule has 0 atom stereocenters. The van der Waals surface area contributed by atoms with Gasteiger partial charge < -0.3 is 9.72 Å². The Morgan fingerprint density at radius 3 is 2.80 bits per heavy atom. The first-order valence-corrected chi connectivity index (χ1v) is 4.60. The van der Waals surface area contributed by atoms with Crippen LogP contribution in [0.15, 0.2) is 27.8 Å². The summed E-state index contributed by atoms with van der Waals surface area (Å²) in [6.07, 6.45) is 0. The zero-order chi connectivity index (χ0) is 10.8. The van der Waals surface area contributed by atoms with Crippen LogP contribution in [0.4, 0.5) is 0 Å². The number of benzene rings is 1. The van der Waals surface area contributed by atoms with Crippen LogP contribution in [0.1, 0.15) is 6.92 Å². The molecule has 0 aliphatic heterocycles. The van der Waals surface area contributed by atoms with Crippen molar-refractivity contribution in [2.45, 2.75) is 6.92 Å². The maximum Gasteiger partial charge on any atom is 0.326 e. The molecule has 5 nitrogen and oxygen atoms in total. The van der Waals surface area contributed by atoms with E-state index in [0.717, 1.165) is 0 Å². The normalized spacial score (nSPS) is 10.5. The van der Waals surface area contributed by atoms with Crippen LogP contribution in [0.25, 0.3) is 10.9 Å². The average Bonchev–Trinajstić information content (AvgIpc) is 2.17.